The third-order valence-electron chi connectivity index (χ3n) is 3.95. The molecule has 0 bridgehead atoms. The lowest BCUT2D eigenvalue weighted by Gasteiger charge is -2.04. The highest BCUT2D eigenvalue weighted by atomic mass is 16.6. The Bertz CT molecular complexity index is 398. The molecule has 1 aliphatic rings. The first-order chi connectivity index (χ1) is 10.7. The third kappa shape index (κ3) is 7.03. The summed E-state index contributed by atoms with van der Waals surface area (Å²) in [6, 6.07) is 0. The molecule has 1 heterocycles. The minimum Gasteiger partial charge on any atom is -0.456 e. The minimum atomic E-state index is -0.763. The Morgan fingerprint density at radius 2 is 1.64 bits per heavy atom. The van der Waals surface area contributed by atoms with E-state index in [2.05, 4.69) is 0 Å². The zero-order chi connectivity index (χ0) is 16.2. The molecular formula is C18H28O4. The van der Waals surface area contributed by atoms with Crippen LogP contribution < -0.4 is 0 Å². The summed E-state index contributed by atoms with van der Waals surface area (Å²) in [6.07, 6.45) is 15.0. The first-order valence-electron chi connectivity index (χ1n) is 8.36. The van der Waals surface area contributed by atoms with Crippen molar-refractivity contribution in [3.8, 4) is 0 Å². The van der Waals surface area contributed by atoms with Gasteiger partial charge in [-0.3, -0.25) is 4.79 Å². The molecule has 2 atom stereocenters. The van der Waals surface area contributed by atoms with Crippen molar-refractivity contribution in [3.05, 3.63) is 23.8 Å². The van der Waals surface area contributed by atoms with E-state index in [0.29, 0.717) is 5.57 Å². The van der Waals surface area contributed by atoms with E-state index in [-0.39, 0.29) is 5.97 Å². The van der Waals surface area contributed by atoms with Gasteiger partial charge < -0.3 is 9.84 Å². The zero-order valence-corrected chi connectivity index (χ0v) is 13.5. The highest BCUT2D eigenvalue weighted by molar-refractivity contribution is 5.92. The van der Waals surface area contributed by atoms with E-state index in [0.717, 1.165) is 38.4 Å². The molecule has 0 aliphatic carbocycles. The Balaban J connectivity index is 1.97. The second kappa shape index (κ2) is 11.2. The number of ether oxygens (including phenoxy) is 1. The number of esters is 1. The molecule has 0 amide bonds. The summed E-state index contributed by atoms with van der Waals surface area (Å²) in [4.78, 5) is 21.5. The Morgan fingerprint density at radius 1 is 1.05 bits per heavy atom. The number of cyclic esters (lactones) is 1. The molecule has 0 radical (unpaired) electrons. The number of unbranched alkanes of at least 4 members (excludes halogenated alkanes) is 8. The van der Waals surface area contributed by atoms with Gasteiger partial charge in [-0.25, -0.2) is 4.79 Å². The van der Waals surface area contributed by atoms with Gasteiger partial charge in [-0.15, -0.1) is 0 Å². The number of carbonyl (C=O) groups is 2. The third-order valence-corrected chi connectivity index (χ3v) is 3.95. The summed E-state index contributed by atoms with van der Waals surface area (Å²) in [6.45, 7) is 1.71. The largest absolute Gasteiger partial charge is 0.456 e. The average Bonchev–Trinajstić information content (AvgIpc) is 2.74. The molecule has 0 aromatic rings. The van der Waals surface area contributed by atoms with Gasteiger partial charge in [-0.2, -0.15) is 0 Å². The first kappa shape index (κ1) is 18.6. The minimum absolute atomic E-state index is 0.372. The second-order valence-corrected chi connectivity index (χ2v) is 5.83. The van der Waals surface area contributed by atoms with Gasteiger partial charge in [0, 0.05) is 0 Å². The molecule has 1 rings (SSSR count). The maximum atomic E-state index is 11.5. The molecule has 4 heteroatoms. The van der Waals surface area contributed by atoms with Crippen LogP contribution in [0.3, 0.4) is 0 Å². The van der Waals surface area contributed by atoms with Crippen LogP contribution >= 0.6 is 0 Å². The maximum Gasteiger partial charge on any atom is 0.336 e. The molecule has 0 saturated carbocycles. The van der Waals surface area contributed by atoms with Crippen LogP contribution in [0.2, 0.25) is 0 Å². The molecule has 2 unspecified atom stereocenters. The number of aliphatic hydroxyl groups is 1. The summed E-state index contributed by atoms with van der Waals surface area (Å²) in [5.41, 5.74) is 0.427. The Morgan fingerprint density at radius 3 is 2.18 bits per heavy atom. The summed E-state index contributed by atoms with van der Waals surface area (Å²) < 4.78 is 4.96. The lowest BCUT2D eigenvalue weighted by Crippen LogP contribution is -2.17. The van der Waals surface area contributed by atoms with Gasteiger partial charge in [0.15, 0.2) is 0 Å². The highest BCUT2D eigenvalue weighted by Crippen LogP contribution is 2.22. The number of aliphatic hydroxyl groups excluding tert-OH is 1. The van der Waals surface area contributed by atoms with Crippen LogP contribution in [0.5, 0.6) is 0 Å². The van der Waals surface area contributed by atoms with Crippen molar-refractivity contribution in [2.45, 2.75) is 76.9 Å². The monoisotopic (exact) mass is 308 g/mol. The Hall–Kier alpha value is -1.42. The van der Waals surface area contributed by atoms with Crippen molar-refractivity contribution in [1.29, 1.82) is 0 Å². The fourth-order valence-electron chi connectivity index (χ4n) is 2.58. The fourth-order valence-corrected chi connectivity index (χ4v) is 2.58. The molecule has 1 aliphatic heterocycles. The molecule has 1 fully saturated rings. The van der Waals surface area contributed by atoms with E-state index in [1.54, 1.807) is 13.0 Å². The van der Waals surface area contributed by atoms with Crippen molar-refractivity contribution >= 4 is 12.3 Å². The van der Waals surface area contributed by atoms with Crippen LogP contribution in [0, 0.1) is 0 Å². The lowest BCUT2D eigenvalue weighted by atomic mass is 10.0. The SMILES string of the molecule is CC1OC(=O)C(=CCCCCCCCCCC=CC=O)C1O. The summed E-state index contributed by atoms with van der Waals surface area (Å²) in [7, 11) is 0. The van der Waals surface area contributed by atoms with Gasteiger partial charge in [0.1, 0.15) is 18.5 Å². The number of hydrogen-bond acceptors (Lipinski definition) is 4. The van der Waals surface area contributed by atoms with Gasteiger partial charge in [-0.05, 0) is 38.7 Å². The maximum absolute atomic E-state index is 11.5. The van der Waals surface area contributed by atoms with Crippen LogP contribution in [-0.4, -0.2) is 29.6 Å². The molecular weight excluding hydrogens is 280 g/mol. The highest BCUT2D eigenvalue weighted by Gasteiger charge is 2.34. The van der Waals surface area contributed by atoms with E-state index < -0.39 is 12.2 Å². The second-order valence-electron chi connectivity index (χ2n) is 5.83. The van der Waals surface area contributed by atoms with E-state index in [1.165, 1.54) is 25.7 Å². The zero-order valence-electron chi connectivity index (χ0n) is 13.5. The molecule has 1 saturated heterocycles. The van der Waals surface area contributed by atoms with E-state index >= 15 is 0 Å². The van der Waals surface area contributed by atoms with Gasteiger partial charge >= 0.3 is 5.97 Å². The van der Waals surface area contributed by atoms with Crippen molar-refractivity contribution in [1.82, 2.24) is 0 Å². The van der Waals surface area contributed by atoms with Gasteiger partial charge in [0.2, 0.25) is 0 Å². The Labute approximate surface area is 133 Å². The van der Waals surface area contributed by atoms with Crippen molar-refractivity contribution in [2.24, 2.45) is 0 Å². The average molecular weight is 308 g/mol. The van der Waals surface area contributed by atoms with Gasteiger partial charge in [0.05, 0.1) is 5.57 Å². The number of carbonyl (C=O) groups excluding carboxylic acids is 2. The van der Waals surface area contributed by atoms with Crippen LogP contribution in [0.15, 0.2) is 23.8 Å². The fraction of sp³-hybridized carbons (Fsp3) is 0.667. The molecule has 22 heavy (non-hydrogen) atoms. The molecule has 0 aromatic carbocycles. The van der Waals surface area contributed by atoms with E-state index in [4.69, 9.17) is 4.74 Å². The van der Waals surface area contributed by atoms with Gasteiger partial charge in [-0.1, -0.05) is 44.3 Å². The van der Waals surface area contributed by atoms with E-state index in [9.17, 15) is 14.7 Å². The summed E-state index contributed by atoms with van der Waals surface area (Å²) >= 11 is 0. The molecule has 4 nitrogen and oxygen atoms in total. The normalized spacial score (nSPS) is 23.4. The number of allylic oxidation sites excluding steroid dienone is 3. The van der Waals surface area contributed by atoms with Gasteiger partial charge in [0.25, 0.3) is 0 Å². The predicted octanol–water partition coefficient (Wildman–Crippen LogP) is 3.49. The molecule has 124 valence electrons. The smallest absolute Gasteiger partial charge is 0.336 e. The van der Waals surface area contributed by atoms with Crippen LogP contribution in [0.25, 0.3) is 0 Å². The van der Waals surface area contributed by atoms with Crippen LogP contribution in [-0.2, 0) is 14.3 Å². The van der Waals surface area contributed by atoms with Crippen molar-refractivity contribution in [3.63, 3.8) is 0 Å². The number of rotatable bonds is 11. The van der Waals surface area contributed by atoms with Crippen molar-refractivity contribution in [2.75, 3.05) is 0 Å². The topological polar surface area (TPSA) is 63.6 Å². The predicted molar refractivity (Wildman–Crippen MR) is 86.4 cm³/mol. The molecule has 0 spiro atoms. The molecule has 1 N–H and O–H groups in total. The van der Waals surface area contributed by atoms with Crippen LogP contribution in [0.1, 0.15) is 64.7 Å². The Kier molecular flexibility index (Phi) is 9.47. The number of aldehydes is 1. The number of hydrogen-bond donors (Lipinski definition) is 1. The summed E-state index contributed by atoms with van der Waals surface area (Å²) in [5.74, 6) is -0.372. The summed E-state index contributed by atoms with van der Waals surface area (Å²) in [5, 5.41) is 9.77. The first-order valence-corrected chi connectivity index (χ1v) is 8.36. The van der Waals surface area contributed by atoms with Crippen molar-refractivity contribution < 1.29 is 19.4 Å². The standard InChI is InChI=1S/C18H28O4/c1-15-17(20)16(18(21)22-15)13-11-9-7-5-3-2-4-6-8-10-12-14-19/h10,12-15,17,20H,2-9,11H2,1H3. The molecule has 0 aromatic heterocycles. The quantitative estimate of drug-likeness (QED) is 0.275. The van der Waals surface area contributed by atoms with E-state index in [1.807, 2.05) is 12.2 Å². The van der Waals surface area contributed by atoms with Crippen LogP contribution in [0.4, 0.5) is 0 Å². The lowest BCUT2D eigenvalue weighted by molar-refractivity contribution is -0.138.